The van der Waals surface area contributed by atoms with Crippen molar-refractivity contribution in [2.75, 3.05) is 0 Å². The van der Waals surface area contributed by atoms with Gasteiger partial charge in [0.25, 0.3) is 0 Å². The number of amidine groups is 1. The van der Waals surface area contributed by atoms with Crippen LogP contribution in [-0.4, -0.2) is 11.7 Å². The third kappa shape index (κ3) is 3.19. The normalized spacial score (nSPS) is 19.1. The maximum Gasteiger partial charge on any atom is 0.227 e. The second-order valence-electron chi connectivity index (χ2n) is 3.39. The third-order valence-corrected chi connectivity index (χ3v) is 2.23. The Labute approximate surface area is 96.6 Å². The zero-order chi connectivity index (χ0) is 12.0. The summed E-state index contributed by atoms with van der Waals surface area (Å²) < 4.78 is 0. The fraction of sp³-hybridized carbons (Fsp3) is 0.385. The van der Waals surface area contributed by atoms with Crippen LogP contribution in [-0.2, 0) is 4.79 Å². The lowest BCUT2D eigenvalue weighted by Gasteiger charge is -2.19. The minimum Gasteiger partial charge on any atom is -0.315 e. The average molecular weight is 218 g/mol. The molecule has 0 saturated carbocycles. The topological polar surface area (TPSA) is 41.5 Å². The van der Waals surface area contributed by atoms with Crippen molar-refractivity contribution in [2.24, 2.45) is 4.99 Å². The highest BCUT2D eigenvalue weighted by Gasteiger charge is 2.19. The van der Waals surface area contributed by atoms with Crippen LogP contribution in [0, 0.1) is 0 Å². The molecule has 1 heterocycles. The van der Waals surface area contributed by atoms with Gasteiger partial charge in [0, 0.05) is 0 Å². The predicted molar refractivity (Wildman–Crippen MR) is 66.4 cm³/mol. The molecule has 2 rings (SSSR count). The highest BCUT2D eigenvalue weighted by molar-refractivity contribution is 5.99. The summed E-state index contributed by atoms with van der Waals surface area (Å²) >= 11 is 0. The van der Waals surface area contributed by atoms with E-state index in [1.54, 1.807) is 0 Å². The Morgan fingerprint density at radius 3 is 2.44 bits per heavy atom. The number of nitrogens with one attached hydrogen (secondary N) is 1. The molecule has 16 heavy (non-hydrogen) atoms. The first-order valence-corrected chi connectivity index (χ1v) is 5.65. The Morgan fingerprint density at radius 2 is 1.88 bits per heavy atom. The summed E-state index contributed by atoms with van der Waals surface area (Å²) in [6.07, 6.45) is 0.446. The number of aliphatic imine (C=N–C) groups is 1. The molecule has 0 spiro atoms. The molecule has 1 aliphatic rings. The highest BCUT2D eigenvalue weighted by Crippen LogP contribution is 2.22. The number of benzene rings is 1. The van der Waals surface area contributed by atoms with Gasteiger partial charge >= 0.3 is 0 Å². The molecule has 3 heteroatoms. The molecule has 1 aromatic rings. The second-order valence-corrected chi connectivity index (χ2v) is 3.39. The molecular weight excluding hydrogens is 200 g/mol. The van der Waals surface area contributed by atoms with Gasteiger partial charge in [0.05, 0.1) is 12.5 Å². The molecule has 1 unspecified atom stereocenters. The van der Waals surface area contributed by atoms with E-state index in [2.05, 4.69) is 10.3 Å². The lowest BCUT2D eigenvalue weighted by Crippen LogP contribution is -2.33. The van der Waals surface area contributed by atoms with Crippen LogP contribution in [0.25, 0.3) is 0 Å². The Hall–Kier alpha value is -1.64. The molecule has 0 aliphatic carbocycles. The first kappa shape index (κ1) is 12.4. The highest BCUT2D eigenvalue weighted by atomic mass is 16.1. The number of amides is 1. The van der Waals surface area contributed by atoms with E-state index in [9.17, 15) is 4.79 Å². The van der Waals surface area contributed by atoms with E-state index in [-0.39, 0.29) is 11.9 Å². The van der Waals surface area contributed by atoms with Crippen molar-refractivity contribution < 1.29 is 4.79 Å². The van der Waals surface area contributed by atoms with Gasteiger partial charge in [0.1, 0.15) is 5.84 Å². The summed E-state index contributed by atoms with van der Waals surface area (Å²) in [6.45, 7) is 5.81. The van der Waals surface area contributed by atoms with Gasteiger partial charge in [-0.2, -0.15) is 0 Å². The van der Waals surface area contributed by atoms with Crippen molar-refractivity contribution in [3.8, 4) is 0 Å². The minimum atomic E-state index is -0.00931. The Bertz CT molecular complexity index is 371. The van der Waals surface area contributed by atoms with Crippen molar-refractivity contribution in [1.29, 1.82) is 0 Å². The zero-order valence-corrected chi connectivity index (χ0v) is 10.0. The van der Waals surface area contributed by atoms with Crippen LogP contribution in [0.1, 0.15) is 38.8 Å². The number of rotatable bonds is 1. The summed E-state index contributed by atoms with van der Waals surface area (Å²) in [5.74, 6) is 0.751. The molecule has 0 saturated heterocycles. The van der Waals surface area contributed by atoms with Crippen molar-refractivity contribution >= 4 is 11.7 Å². The van der Waals surface area contributed by atoms with Crippen molar-refractivity contribution in [3.05, 3.63) is 35.9 Å². The van der Waals surface area contributed by atoms with Crippen LogP contribution in [0.4, 0.5) is 0 Å². The summed E-state index contributed by atoms with van der Waals surface area (Å²) in [6, 6.07) is 9.88. The van der Waals surface area contributed by atoms with Crippen LogP contribution in [0.15, 0.2) is 35.3 Å². The van der Waals surface area contributed by atoms with Crippen molar-refractivity contribution in [2.45, 2.75) is 33.2 Å². The van der Waals surface area contributed by atoms with Crippen LogP contribution >= 0.6 is 0 Å². The van der Waals surface area contributed by atoms with Gasteiger partial charge < -0.3 is 5.32 Å². The number of carbonyl (C=O) groups excluding carboxylic acids is 1. The van der Waals surface area contributed by atoms with Gasteiger partial charge in [-0.3, -0.25) is 9.79 Å². The summed E-state index contributed by atoms with van der Waals surface area (Å²) in [7, 11) is 0. The summed E-state index contributed by atoms with van der Waals surface area (Å²) in [5.41, 5.74) is 1.10. The van der Waals surface area contributed by atoms with E-state index < -0.39 is 0 Å². The molecule has 0 aromatic heterocycles. The number of nitrogens with zero attached hydrogens (tertiary/aromatic N) is 1. The van der Waals surface area contributed by atoms with Gasteiger partial charge in [0.15, 0.2) is 0 Å². The number of carbonyl (C=O) groups is 1. The molecule has 0 radical (unpaired) electrons. The second kappa shape index (κ2) is 6.05. The average Bonchev–Trinajstić information content (AvgIpc) is 2.32. The lowest BCUT2D eigenvalue weighted by molar-refractivity contribution is -0.120. The van der Waals surface area contributed by atoms with E-state index >= 15 is 0 Å². The maximum absolute atomic E-state index is 11.3. The third-order valence-electron chi connectivity index (χ3n) is 2.23. The SMILES string of the molecule is CC.CC1=NC(c2ccccc2)CC(=O)N1. The summed E-state index contributed by atoms with van der Waals surface area (Å²) in [5, 5.41) is 2.69. The van der Waals surface area contributed by atoms with Crippen LogP contribution in [0.5, 0.6) is 0 Å². The summed E-state index contributed by atoms with van der Waals surface area (Å²) in [4.78, 5) is 15.7. The van der Waals surface area contributed by atoms with Gasteiger partial charge in [-0.15, -0.1) is 0 Å². The van der Waals surface area contributed by atoms with Crippen LogP contribution in [0.3, 0.4) is 0 Å². The van der Waals surface area contributed by atoms with Crippen molar-refractivity contribution in [3.63, 3.8) is 0 Å². The molecule has 1 atom stereocenters. The monoisotopic (exact) mass is 218 g/mol. The van der Waals surface area contributed by atoms with Gasteiger partial charge in [-0.25, -0.2) is 0 Å². The van der Waals surface area contributed by atoms with E-state index in [1.165, 1.54) is 0 Å². The minimum absolute atomic E-state index is 0.00931. The lowest BCUT2D eigenvalue weighted by atomic mass is 10.0. The van der Waals surface area contributed by atoms with Crippen LogP contribution in [0.2, 0.25) is 0 Å². The molecule has 1 aliphatic heterocycles. The standard InChI is InChI=1S/C11H12N2O.C2H6/c1-8-12-10(7-11(14)13-8)9-5-3-2-4-6-9;1-2/h2-6,10H,7H2,1H3,(H,12,13,14);1-2H3. The van der Waals surface area contributed by atoms with Crippen molar-refractivity contribution in [1.82, 2.24) is 5.32 Å². The Kier molecular flexibility index (Phi) is 4.70. The Balaban J connectivity index is 0.000000606. The van der Waals surface area contributed by atoms with E-state index in [0.717, 1.165) is 5.56 Å². The first-order chi connectivity index (χ1) is 7.75. The molecule has 3 nitrogen and oxygen atoms in total. The molecule has 1 amide bonds. The fourth-order valence-electron chi connectivity index (χ4n) is 1.61. The molecular formula is C13H18N2O. The Morgan fingerprint density at radius 1 is 1.25 bits per heavy atom. The van der Waals surface area contributed by atoms with Gasteiger partial charge in [-0.1, -0.05) is 44.2 Å². The number of hydrogen-bond acceptors (Lipinski definition) is 2. The predicted octanol–water partition coefficient (Wildman–Crippen LogP) is 2.69. The van der Waals surface area contributed by atoms with Crippen LogP contribution < -0.4 is 5.32 Å². The smallest absolute Gasteiger partial charge is 0.227 e. The maximum atomic E-state index is 11.3. The van der Waals surface area contributed by atoms with E-state index in [1.807, 2.05) is 51.1 Å². The number of hydrogen-bond donors (Lipinski definition) is 1. The quantitative estimate of drug-likeness (QED) is 0.773. The molecule has 1 N–H and O–H groups in total. The molecule has 1 aromatic carbocycles. The van der Waals surface area contributed by atoms with Gasteiger partial charge in [-0.05, 0) is 12.5 Å². The van der Waals surface area contributed by atoms with E-state index in [4.69, 9.17) is 0 Å². The zero-order valence-electron chi connectivity index (χ0n) is 10.0. The first-order valence-electron chi connectivity index (χ1n) is 5.65. The molecule has 0 bridgehead atoms. The largest absolute Gasteiger partial charge is 0.315 e. The van der Waals surface area contributed by atoms with Gasteiger partial charge in [0.2, 0.25) is 5.91 Å². The van der Waals surface area contributed by atoms with E-state index in [0.29, 0.717) is 12.3 Å². The fourth-order valence-corrected chi connectivity index (χ4v) is 1.61. The molecule has 86 valence electrons. The molecule has 0 fully saturated rings.